The Hall–Kier alpha value is -0.580. The molecule has 0 radical (unpaired) electrons. The summed E-state index contributed by atoms with van der Waals surface area (Å²) in [5.74, 6) is 0. The van der Waals surface area contributed by atoms with E-state index >= 15 is 0 Å². The molecule has 3 nitrogen and oxygen atoms in total. The van der Waals surface area contributed by atoms with Crippen molar-refractivity contribution in [1.29, 1.82) is 0 Å². The summed E-state index contributed by atoms with van der Waals surface area (Å²) in [6.45, 7) is 3.97. The summed E-state index contributed by atoms with van der Waals surface area (Å²) >= 11 is 3.47. The van der Waals surface area contributed by atoms with Crippen molar-refractivity contribution in [2.75, 3.05) is 18.0 Å². The average molecular weight is 285 g/mol. The van der Waals surface area contributed by atoms with E-state index < -0.39 is 5.60 Å². The topological polar surface area (TPSA) is 49.5 Å². The second-order valence-electron chi connectivity index (χ2n) is 4.65. The molecule has 1 atom stereocenters. The van der Waals surface area contributed by atoms with Gasteiger partial charge in [-0.05, 0) is 31.0 Å². The maximum atomic E-state index is 9.97. The van der Waals surface area contributed by atoms with Crippen LogP contribution in [-0.4, -0.2) is 23.8 Å². The molecule has 1 aliphatic heterocycles. The van der Waals surface area contributed by atoms with Crippen molar-refractivity contribution >= 4 is 21.6 Å². The molecule has 1 aliphatic rings. The van der Waals surface area contributed by atoms with Crippen LogP contribution in [0.25, 0.3) is 0 Å². The van der Waals surface area contributed by atoms with Gasteiger partial charge < -0.3 is 15.7 Å². The number of hydrogen-bond acceptors (Lipinski definition) is 3. The van der Waals surface area contributed by atoms with Crippen molar-refractivity contribution in [3.63, 3.8) is 0 Å². The van der Waals surface area contributed by atoms with Crippen LogP contribution < -0.4 is 10.6 Å². The second-order valence-corrected chi connectivity index (χ2v) is 5.56. The third kappa shape index (κ3) is 2.39. The Morgan fingerprint density at radius 1 is 1.56 bits per heavy atom. The third-order valence-corrected chi connectivity index (χ3v) is 3.55. The summed E-state index contributed by atoms with van der Waals surface area (Å²) in [5.41, 5.74) is 7.42. The normalized spacial score (nSPS) is 25.1. The van der Waals surface area contributed by atoms with Crippen molar-refractivity contribution in [2.24, 2.45) is 5.73 Å². The van der Waals surface area contributed by atoms with E-state index in [0.29, 0.717) is 13.1 Å². The maximum absolute atomic E-state index is 9.97. The first-order chi connectivity index (χ1) is 7.52. The first-order valence-electron chi connectivity index (χ1n) is 5.48. The molecule has 1 heterocycles. The van der Waals surface area contributed by atoms with Crippen LogP contribution in [-0.2, 0) is 6.54 Å². The zero-order valence-corrected chi connectivity index (χ0v) is 11.0. The van der Waals surface area contributed by atoms with Gasteiger partial charge in [0.2, 0.25) is 0 Å². The Balaban J connectivity index is 2.30. The molecule has 1 saturated heterocycles. The van der Waals surface area contributed by atoms with Crippen molar-refractivity contribution < 1.29 is 5.11 Å². The van der Waals surface area contributed by atoms with E-state index in [1.54, 1.807) is 0 Å². The molecule has 88 valence electrons. The van der Waals surface area contributed by atoms with Crippen LogP contribution in [0.3, 0.4) is 0 Å². The van der Waals surface area contributed by atoms with Gasteiger partial charge in [0, 0.05) is 29.8 Å². The lowest BCUT2D eigenvalue weighted by Crippen LogP contribution is -2.30. The van der Waals surface area contributed by atoms with Crippen LogP contribution in [0.2, 0.25) is 0 Å². The quantitative estimate of drug-likeness (QED) is 0.872. The van der Waals surface area contributed by atoms with Gasteiger partial charge in [-0.1, -0.05) is 22.0 Å². The lowest BCUT2D eigenvalue weighted by molar-refractivity contribution is 0.0839. The zero-order chi connectivity index (χ0) is 11.8. The summed E-state index contributed by atoms with van der Waals surface area (Å²) in [5, 5.41) is 9.97. The van der Waals surface area contributed by atoms with Gasteiger partial charge in [-0.3, -0.25) is 0 Å². The van der Waals surface area contributed by atoms with E-state index in [1.807, 2.05) is 19.1 Å². The van der Waals surface area contributed by atoms with Crippen molar-refractivity contribution in [1.82, 2.24) is 0 Å². The molecule has 1 fully saturated rings. The summed E-state index contributed by atoms with van der Waals surface area (Å²) < 4.78 is 1.05. The van der Waals surface area contributed by atoms with Crippen molar-refractivity contribution in [2.45, 2.75) is 25.5 Å². The minimum Gasteiger partial charge on any atom is -0.388 e. The van der Waals surface area contributed by atoms with Gasteiger partial charge in [-0.25, -0.2) is 0 Å². The molecule has 4 heteroatoms. The average Bonchev–Trinajstić information content (AvgIpc) is 2.59. The monoisotopic (exact) mass is 284 g/mol. The number of aliphatic hydroxyl groups is 1. The van der Waals surface area contributed by atoms with Gasteiger partial charge in [-0.2, -0.15) is 0 Å². The fourth-order valence-electron chi connectivity index (χ4n) is 2.15. The minimum atomic E-state index is -0.575. The molecular weight excluding hydrogens is 268 g/mol. The van der Waals surface area contributed by atoms with Crippen molar-refractivity contribution in [3.8, 4) is 0 Å². The fourth-order valence-corrected chi connectivity index (χ4v) is 2.50. The molecule has 3 N–H and O–H groups in total. The summed E-state index contributed by atoms with van der Waals surface area (Å²) in [6, 6.07) is 6.11. The molecular formula is C12H17BrN2O. The highest BCUT2D eigenvalue weighted by Gasteiger charge is 2.32. The largest absolute Gasteiger partial charge is 0.388 e. The Morgan fingerprint density at radius 3 is 2.88 bits per heavy atom. The predicted molar refractivity (Wildman–Crippen MR) is 69.5 cm³/mol. The summed E-state index contributed by atoms with van der Waals surface area (Å²) in [7, 11) is 0. The van der Waals surface area contributed by atoms with Crippen LogP contribution in [0, 0.1) is 0 Å². The Labute approximate surface area is 104 Å². The van der Waals surface area contributed by atoms with E-state index in [-0.39, 0.29) is 0 Å². The third-order valence-electron chi connectivity index (χ3n) is 3.06. The number of β-amino-alcohol motifs (C(OH)–C–C–N with tert-alkyl or cyclic N) is 1. The van der Waals surface area contributed by atoms with E-state index in [2.05, 4.69) is 26.9 Å². The lowest BCUT2D eigenvalue weighted by Gasteiger charge is -2.23. The highest BCUT2D eigenvalue weighted by molar-refractivity contribution is 9.10. The fraction of sp³-hybridized carbons (Fsp3) is 0.500. The standard InChI is InChI=1S/C12H17BrN2O/c1-12(16)4-5-15(8-12)11-6-10(13)3-2-9(11)7-14/h2-3,6,16H,4-5,7-8,14H2,1H3. The molecule has 1 unspecified atom stereocenters. The minimum absolute atomic E-state index is 0.529. The molecule has 0 spiro atoms. The molecule has 0 amide bonds. The van der Waals surface area contributed by atoms with E-state index in [0.717, 1.165) is 28.7 Å². The van der Waals surface area contributed by atoms with Crippen LogP contribution >= 0.6 is 15.9 Å². The second kappa shape index (κ2) is 4.35. The zero-order valence-electron chi connectivity index (χ0n) is 9.41. The van der Waals surface area contributed by atoms with E-state index in [9.17, 15) is 5.11 Å². The first-order valence-corrected chi connectivity index (χ1v) is 6.27. The van der Waals surface area contributed by atoms with Crippen molar-refractivity contribution in [3.05, 3.63) is 28.2 Å². The number of hydrogen-bond donors (Lipinski definition) is 2. The molecule has 2 rings (SSSR count). The SMILES string of the molecule is CC1(O)CCN(c2cc(Br)ccc2CN)C1. The number of rotatable bonds is 2. The molecule has 16 heavy (non-hydrogen) atoms. The predicted octanol–water partition coefficient (Wildman–Crippen LogP) is 1.87. The molecule has 1 aromatic carbocycles. The Morgan fingerprint density at radius 2 is 2.31 bits per heavy atom. The van der Waals surface area contributed by atoms with Crippen LogP contribution in [0.4, 0.5) is 5.69 Å². The number of nitrogens with two attached hydrogens (primary N) is 1. The van der Waals surface area contributed by atoms with E-state index in [4.69, 9.17) is 5.73 Å². The number of nitrogens with zero attached hydrogens (tertiary/aromatic N) is 1. The number of benzene rings is 1. The van der Waals surface area contributed by atoms with Gasteiger partial charge >= 0.3 is 0 Å². The van der Waals surface area contributed by atoms with Gasteiger partial charge in [0.25, 0.3) is 0 Å². The van der Waals surface area contributed by atoms with Gasteiger partial charge in [0.15, 0.2) is 0 Å². The van der Waals surface area contributed by atoms with Gasteiger partial charge in [0.1, 0.15) is 0 Å². The molecule has 0 aliphatic carbocycles. The highest BCUT2D eigenvalue weighted by atomic mass is 79.9. The lowest BCUT2D eigenvalue weighted by atomic mass is 10.1. The Bertz CT molecular complexity index is 393. The first kappa shape index (κ1) is 11.9. The molecule has 0 saturated carbocycles. The molecule has 0 bridgehead atoms. The number of halogens is 1. The van der Waals surface area contributed by atoms with Crippen LogP contribution in [0.15, 0.2) is 22.7 Å². The molecule has 0 aromatic heterocycles. The highest BCUT2D eigenvalue weighted by Crippen LogP contribution is 2.31. The summed E-state index contributed by atoms with van der Waals surface area (Å²) in [6.07, 6.45) is 0.809. The summed E-state index contributed by atoms with van der Waals surface area (Å²) in [4.78, 5) is 2.20. The molecule has 1 aromatic rings. The van der Waals surface area contributed by atoms with Gasteiger partial charge in [-0.15, -0.1) is 0 Å². The number of anilines is 1. The maximum Gasteiger partial charge on any atom is 0.0810 e. The smallest absolute Gasteiger partial charge is 0.0810 e. The van der Waals surface area contributed by atoms with Gasteiger partial charge in [0.05, 0.1) is 5.60 Å². The van der Waals surface area contributed by atoms with Crippen LogP contribution in [0.1, 0.15) is 18.9 Å². The van der Waals surface area contributed by atoms with Crippen LogP contribution in [0.5, 0.6) is 0 Å². The Kier molecular flexibility index (Phi) is 3.24. The van der Waals surface area contributed by atoms with E-state index in [1.165, 1.54) is 0 Å².